The van der Waals surface area contributed by atoms with Gasteiger partial charge in [-0.05, 0) is 0 Å². The molecule has 1 heterocycles. The summed E-state index contributed by atoms with van der Waals surface area (Å²) in [5.41, 5.74) is 5.53. The van der Waals surface area contributed by atoms with Gasteiger partial charge in [0.15, 0.2) is 0 Å². The van der Waals surface area contributed by atoms with Crippen LogP contribution < -0.4 is 5.73 Å². The number of carbonyl (C=O) groups excluding carboxylic acids is 1. The second-order valence-electron chi connectivity index (χ2n) is 3.10. The van der Waals surface area contributed by atoms with Crippen LogP contribution in [0, 0.1) is 0 Å². The summed E-state index contributed by atoms with van der Waals surface area (Å²) in [6.07, 6.45) is -0.503. The van der Waals surface area contributed by atoms with E-state index in [-0.39, 0.29) is 25.1 Å². The van der Waals surface area contributed by atoms with Gasteiger partial charge in [0.1, 0.15) is 0 Å². The Hall–Kier alpha value is -0.650. The molecule has 1 aliphatic heterocycles. The number of likely N-dealkylation sites (tertiary alicyclic amines) is 1. The van der Waals surface area contributed by atoms with Gasteiger partial charge in [0.2, 0.25) is 5.91 Å². The fourth-order valence-corrected chi connectivity index (χ4v) is 1.29. The highest BCUT2D eigenvalue weighted by atomic mass is 16.3. The predicted octanol–water partition coefficient (Wildman–Crippen LogP) is -2.10. The Morgan fingerprint density at radius 1 is 1.75 bits per heavy atom. The lowest BCUT2D eigenvalue weighted by molar-refractivity contribution is -0.129. The SMILES string of the molecule is NC1CC(=O)N(C[C@@H](O)CO)C1. The van der Waals surface area contributed by atoms with Gasteiger partial charge in [-0.25, -0.2) is 0 Å². The predicted molar refractivity (Wildman–Crippen MR) is 42.3 cm³/mol. The summed E-state index contributed by atoms with van der Waals surface area (Å²) in [5.74, 6) is -0.0463. The quantitative estimate of drug-likeness (QED) is 0.457. The number of nitrogens with zero attached hydrogens (tertiary/aromatic N) is 1. The van der Waals surface area contributed by atoms with E-state index in [1.165, 1.54) is 4.90 Å². The molecule has 1 amide bonds. The van der Waals surface area contributed by atoms with E-state index in [0.29, 0.717) is 13.0 Å². The maximum absolute atomic E-state index is 11.1. The second kappa shape index (κ2) is 3.84. The first-order chi connectivity index (χ1) is 5.63. The Balaban J connectivity index is 2.37. The van der Waals surface area contributed by atoms with Crippen molar-refractivity contribution in [3.8, 4) is 0 Å². The molecular formula is C7H14N2O3. The van der Waals surface area contributed by atoms with Crippen LogP contribution in [0.5, 0.6) is 0 Å². The summed E-state index contributed by atoms with van der Waals surface area (Å²) in [7, 11) is 0. The van der Waals surface area contributed by atoms with Gasteiger partial charge in [-0.1, -0.05) is 0 Å². The summed E-state index contributed by atoms with van der Waals surface area (Å²) in [6, 6.07) is -0.122. The molecule has 0 spiro atoms. The van der Waals surface area contributed by atoms with Gasteiger partial charge < -0.3 is 20.8 Å². The summed E-state index contributed by atoms with van der Waals surface area (Å²) in [6.45, 7) is 0.345. The van der Waals surface area contributed by atoms with E-state index in [9.17, 15) is 4.79 Å². The summed E-state index contributed by atoms with van der Waals surface area (Å²) in [5, 5.41) is 17.6. The van der Waals surface area contributed by atoms with Gasteiger partial charge in [-0.2, -0.15) is 0 Å². The lowest BCUT2D eigenvalue weighted by Gasteiger charge is -2.18. The van der Waals surface area contributed by atoms with Crippen molar-refractivity contribution in [2.24, 2.45) is 5.73 Å². The third-order valence-corrected chi connectivity index (χ3v) is 1.89. The molecule has 1 saturated heterocycles. The van der Waals surface area contributed by atoms with Crippen LogP contribution in [-0.2, 0) is 4.79 Å². The molecule has 70 valence electrons. The Bertz CT molecular complexity index is 174. The number of β-amino-alcohol motifs (C(OH)–C–C–N with tert-alkyl or cyclic N) is 1. The van der Waals surface area contributed by atoms with Crippen molar-refractivity contribution in [3.63, 3.8) is 0 Å². The largest absolute Gasteiger partial charge is 0.394 e. The maximum atomic E-state index is 11.1. The molecule has 0 aromatic heterocycles. The first-order valence-corrected chi connectivity index (χ1v) is 3.95. The van der Waals surface area contributed by atoms with Gasteiger partial charge in [-0.15, -0.1) is 0 Å². The molecule has 1 unspecified atom stereocenters. The van der Waals surface area contributed by atoms with Crippen LogP contribution >= 0.6 is 0 Å². The molecule has 12 heavy (non-hydrogen) atoms. The molecule has 0 saturated carbocycles. The van der Waals surface area contributed by atoms with E-state index in [2.05, 4.69) is 0 Å². The molecule has 1 fully saturated rings. The number of aliphatic hydroxyl groups excluding tert-OH is 2. The molecule has 5 nitrogen and oxygen atoms in total. The zero-order valence-corrected chi connectivity index (χ0v) is 6.81. The Morgan fingerprint density at radius 3 is 2.83 bits per heavy atom. The molecule has 1 rings (SSSR count). The van der Waals surface area contributed by atoms with Crippen molar-refractivity contribution < 1.29 is 15.0 Å². The van der Waals surface area contributed by atoms with Crippen molar-refractivity contribution in [2.75, 3.05) is 19.7 Å². The third kappa shape index (κ3) is 2.17. The highest BCUT2D eigenvalue weighted by Gasteiger charge is 2.27. The average Bonchev–Trinajstić information content (AvgIpc) is 2.30. The fourth-order valence-electron chi connectivity index (χ4n) is 1.29. The van der Waals surface area contributed by atoms with E-state index in [1.807, 2.05) is 0 Å². The minimum absolute atomic E-state index is 0.0463. The Morgan fingerprint density at radius 2 is 2.42 bits per heavy atom. The monoisotopic (exact) mass is 174 g/mol. The number of nitrogens with two attached hydrogens (primary N) is 1. The Kier molecular flexibility index (Phi) is 3.02. The molecule has 0 aromatic carbocycles. The third-order valence-electron chi connectivity index (χ3n) is 1.89. The highest BCUT2D eigenvalue weighted by molar-refractivity contribution is 5.79. The van der Waals surface area contributed by atoms with Crippen LogP contribution in [0.4, 0.5) is 0 Å². The van der Waals surface area contributed by atoms with Crippen molar-refractivity contribution >= 4 is 5.91 Å². The molecule has 4 N–H and O–H groups in total. The fraction of sp³-hybridized carbons (Fsp3) is 0.857. The van der Waals surface area contributed by atoms with E-state index in [0.717, 1.165) is 0 Å². The minimum atomic E-state index is -0.848. The van der Waals surface area contributed by atoms with Crippen LogP contribution in [0.3, 0.4) is 0 Å². The molecule has 0 aliphatic carbocycles. The molecule has 0 radical (unpaired) electrons. The average molecular weight is 174 g/mol. The molecular weight excluding hydrogens is 160 g/mol. The number of hydrogen-bond donors (Lipinski definition) is 3. The number of hydrogen-bond acceptors (Lipinski definition) is 4. The van der Waals surface area contributed by atoms with E-state index < -0.39 is 6.10 Å². The summed E-state index contributed by atoms with van der Waals surface area (Å²) < 4.78 is 0. The molecule has 5 heteroatoms. The van der Waals surface area contributed by atoms with Crippen molar-refractivity contribution in [3.05, 3.63) is 0 Å². The van der Waals surface area contributed by atoms with Crippen LogP contribution in [-0.4, -0.2) is 52.9 Å². The minimum Gasteiger partial charge on any atom is -0.394 e. The van der Waals surface area contributed by atoms with Crippen LogP contribution in [0.1, 0.15) is 6.42 Å². The normalized spacial score (nSPS) is 26.4. The van der Waals surface area contributed by atoms with E-state index in [1.54, 1.807) is 0 Å². The van der Waals surface area contributed by atoms with Gasteiger partial charge in [0.05, 0.1) is 12.7 Å². The van der Waals surface area contributed by atoms with Crippen molar-refractivity contribution in [1.29, 1.82) is 0 Å². The molecule has 0 bridgehead atoms. The van der Waals surface area contributed by atoms with Crippen molar-refractivity contribution in [1.82, 2.24) is 4.90 Å². The zero-order chi connectivity index (χ0) is 9.14. The van der Waals surface area contributed by atoms with Crippen LogP contribution in [0.2, 0.25) is 0 Å². The topological polar surface area (TPSA) is 86.8 Å². The second-order valence-corrected chi connectivity index (χ2v) is 3.10. The number of rotatable bonds is 3. The number of carbonyl (C=O) groups is 1. The zero-order valence-electron chi connectivity index (χ0n) is 6.81. The van der Waals surface area contributed by atoms with Gasteiger partial charge in [-0.3, -0.25) is 4.79 Å². The van der Waals surface area contributed by atoms with E-state index >= 15 is 0 Å². The lowest BCUT2D eigenvalue weighted by atomic mass is 10.3. The standard InChI is InChI=1S/C7H14N2O3/c8-5-1-7(12)9(2-5)3-6(11)4-10/h5-6,10-11H,1-4,8H2/t5?,6-/m1/s1. The lowest BCUT2D eigenvalue weighted by Crippen LogP contribution is -2.36. The summed E-state index contributed by atoms with van der Waals surface area (Å²) >= 11 is 0. The van der Waals surface area contributed by atoms with Crippen LogP contribution in [0.15, 0.2) is 0 Å². The van der Waals surface area contributed by atoms with Crippen molar-refractivity contribution in [2.45, 2.75) is 18.6 Å². The van der Waals surface area contributed by atoms with Crippen LogP contribution in [0.25, 0.3) is 0 Å². The molecule has 2 atom stereocenters. The number of aliphatic hydroxyl groups is 2. The first-order valence-electron chi connectivity index (χ1n) is 3.95. The maximum Gasteiger partial charge on any atom is 0.224 e. The summed E-state index contributed by atoms with van der Waals surface area (Å²) in [4.78, 5) is 12.6. The highest BCUT2D eigenvalue weighted by Crippen LogP contribution is 2.08. The molecule has 1 aliphatic rings. The Labute approximate surface area is 70.8 Å². The number of amides is 1. The smallest absolute Gasteiger partial charge is 0.224 e. The van der Waals surface area contributed by atoms with Gasteiger partial charge in [0.25, 0.3) is 0 Å². The van der Waals surface area contributed by atoms with E-state index in [4.69, 9.17) is 15.9 Å². The van der Waals surface area contributed by atoms with Gasteiger partial charge >= 0.3 is 0 Å². The van der Waals surface area contributed by atoms with Gasteiger partial charge in [0, 0.05) is 25.6 Å². The molecule has 0 aromatic rings. The first kappa shape index (κ1) is 9.44.